The third-order valence-corrected chi connectivity index (χ3v) is 10.5. The Morgan fingerprint density at radius 1 is 0.640 bits per heavy atom. The number of nitrogens with zero attached hydrogens (tertiary/aromatic N) is 3. The lowest BCUT2D eigenvalue weighted by molar-refractivity contribution is 0.661. The zero-order chi connectivity index (χ0) is 33.2. The zero-order valence-electron chi connectivity index (χ0n) is 27.8. The van der Waals surface area contributed by atoms with E-state index in [0.29, 0.717) is 5.84 Å². The fourth-order valence-corrected chi connectivity index (χ4v) is 8.02. The first-order valence-corrected chi connectivity index (χ1v) is 17.5. The average Bonchev–Trinajstić information content (AvgIpc) is 3.56. The quantitative estimate of drug-likeness (QED) is 0.180. The molecule has 0 saturated heterocycles. The van der Waals surface area contributed by atoms with Crippen LogP contribution in [-0.4, -0.2) is 16.5 Å². The number of pyridine rings is 1. The first-order valence-electron chi connectivity index (χ1n) is 17.5. The third kappa shape index (κ3) is 4.56. The van der Waals surface area contributed by atoms with Gasteiger partial charge in [0.25, 0.3) is 0 Å². The number of allylic oxidation sites excluding steroid dienone is 2. The van der Waals surface area contributed by atoms with Crippen LogP contribution in [-0.2, 0) is 6.42 Å². The van der Waals surface area contributed by atoms with E-state index in [2.05, 4.69) is 128 Å². The molecule has 0 saturated carbocycles. The van der Waals surface area contributed by atoms with Gasteiger partial charge >= 0.3 is 0 Å². The number of aliphatic imine (C=N–C) groups is 2. The van der Waals surface area contributed by atoms with E-state index >= 15 is 0 Å². The molecule has 6 aromatic carbocycles. The number of furan rings is 1. The molecule has 0 N–H and O–H groups in total. The molecule has 0 spiro atoms. The van der Waals surface area contributed by atoms with Gasteiger partial charge in [-0.15, -0.1) is 0 Å². The first-order chi connectivity index (χ1) is 24.7. The maximum atomic E-state index is 6.66. The molecule has 3 heterocycles. The summed E-state index contributed by atoms with van der Waals surface area (Å²) in [5.41, 5.74) is 11.9. The normalized spacial score (nSPS) is 18.6. The molecule has 10 rings (SSSR count). The molecule has 2 aliphatic rings. The minimum atomic E-state index is 0.705. The van der Waals surface area contributed by atoms with Gasteiger partial charge < -0.3 is 4.42 Å². The predicted molar refractivity (Wildman–Crippen MR) is 209 cm³/mol. The number of fused-ring (bicyclic) bond motifs is 10. The van der Waals surface area contributed by atoms with Gasteiger partial charge in [-0.2, -0.15) is 0 Å². The molecule has 4 nitrogen and oxygen atoms in total. The summed E-state index contributed by atoms with van der Waals surface area (Å²) < 4.78 is 6.66. The second-order valence-corrected chi connectivity index (χ2v) is 13.4. The van der Waals surface area contributed by atoms with Crippen molar-refractivity contribution in [1.29, 1.82) is 0 Å². The number of benzene rings is 6. The number of aromatic nitrogens is 1. The number of hydrogen-bond donors (Lipinski definition) is 0. The maximum absolute atomic E-state index is 6.66. The second kappa shape index (κ2) is 11.5. The first kappa shape index (κ1) is 28.8. The molecular weight excluding hydrogens is 611 g/mol. The molecule has 1 aliphatic heterocycles. The summed E-state index contributed by atoms with van der Waals surface area (Å²) in [4.78, 5) is 16.0. The predicted octanol–water partition coefficient (Wildman–Crippen LogP) is 11.9. The van der Waals surface area contributed by atoms with E-state index in [1.807, 2.05) is 12.3 Å². The van der Waals surface area contributed by atoms with E-state index in [0.717, 1.165) is 103 Å². The summed E-state index contributed by atoms with van der Waals surface area (Å²) >= 11 is 0. The highest BCUT2D eigenvalue weighted by Gasteiger charge is 2.23. The van der Waals surface area contributed by atoms with Gasteiger partial charge in [-0.1, -0.05) is 103 Å². The molecule has 238 valence electrons. The smallest absolute Gasteiger partial charge is 0.160 e. The Bertz CT molecular complexity index is 2800. The molecule has 0 atom stereocenters. The highest BCUT2D eigenvalue weighted by molar-refractivity contribution is 6.28. The lowest BCUT2D eigenvalue weighted by Crippen LogP contribution is -2.11. The Morgan fingerprint density at radius 2 is 1.50 bits per heavy atom. The number of hydrogen-bond acceptors (Lipinski definition) is 4. The van der Waals surface area contributed by atoms with E-state index in [1.165, 1.54) is 22.1 Å². The molecule has 2 aromatic heterocycles. The van der Waals surface area contributed by atoms with Crippen LogP contribution in [0.5, 0.6) is 0 Å². The molecule has 0 bridgehead atoms. The van der Waals surface area contributed by atoms with Crippen LogP contribution in [0.25, 0.3) is 66.2 Å². The molecule has 0 radical (unpaired) electrons. The molecule has 0 fully saturated rings. The van der Waals surface area contributed by atoms with Crippen LogP contribution in [0.15, 0.2) is 148 Å². The van der Waals surface area contributed by atoms with Crippen molar-refractivity contribution in [1.82, 2.24) is 4.98 Å². The average molecular weight is 644 g/mol. The van der Waals surface area contributed by atoms with E-state index < -0.39 is 0 Å². The van der Waals surface area contributed by atoms with Gasteiger partial charge in [-0.3, -0.25) is 4.98 Å². The van der Waals surface area contributed by atoms with Gasteiger partial charge in [-0.25, -0.2) is 9.98 Å². The van der Waals surface area contributed by atoms with Crippen LogP contribution in [0.3, 0.4) is 0 Å². The fraction of sp³-hybridized carbons (Fsp3) is 0.109. The fourth-order valence-electron chi connectivity index (χ4n) is 8.02. The van der Waals surface area contributed by atoms with Crippen molar-refractivity contribution in [3.63, 3.8) is 0 Å². The highest BCUT2D eigenvalue weighted by Crippen LogP contribution is 2.39. The lowest BCUT2D eigenvalue weighted by atomic mass is 9.92. The van der Waals surface area contributed by atoms with E-state index in [9.17, 15) is 0 Å². The third-order valence-electron chi connectivity index (χ3n) is 10.5. The molecule has 50 heavy (non-hydrogen) atoms. The van der Waals surface area contributed by atoms with Crippen LogP contribution in [0.1, 0.15) is 54.0 Å². The highest BCUT2D eigenvalue weighted by atomic mass is 16.3. The SMILES string of the molecule is C\C1=C(c2ccccc2)/N=C(c2cc3ccccc3c3c2ccc2cccnc23)\N=C(\c2cccc3oc4c5c(ccc4c23)C=CCC5)CC1. The van der Waals surface area contributed by atoms with Gasteiger partial charge in [0.15, 0.2) is 5.84 Å². The second-order valence-electron chi connectivity index (χ2n) is 13.4. The summed E-state index contributed by atoms with van der Waals surface area (Å²) in [6.45, 7) is 2.22. The Labute approximate surface area is 289 Å². The number of aryl methyl sites for hydroxylation is 1. The minimum Gasteiger partial charge on any atom is -0.456 e. The van der Waals surface area contributed by atoms with Crippen molar-refractivity contribution in [3.05, 3.63) is 161 Å². The monoisotopic (exact) mass is 643 g/mol. The zero-order valence-corrected chi connectivity index (χ0v) is 27.8. The van der Waals surface area contributed by atoms with Crippen molar-refractivity contribution >= 4 is 77.7 Å². The van der Waals surface area contributed by atoms with Gasteiger partial charge in [-0.05, 0) is 84.2 Å². The number of rotatable bonds is 3. The summed E-state index contributed by atoms with van der Waals surface area (Å²) in [5, 5.41) is 7.92. The van der Waals surface area contributed by atoms with Crippen molar-refractivity contribution in [2.75, 3.05) is 0 Å². The van der Waals surface area contributed by atoms with Crippen LogP contribution in [0.4, 0.5) is 0 Å². The van der Waals surface area contributed by atoms with Crippen molar-refractivity contribution in [2.24, 2.45) is 9.98 Å². The van der Waals surface area contributed by atoms with Crippen LogP contribution in [0, 0.1) is 0 Å². The minimum absolute atomic E-state index is 0.705. The lowest BCUT2D eigenvalue weighted by Gasteiger charge is -2.18. The summed E-state index contributed by atoms with van der Waals surface area (Å²) in [6, 6.07) is 40.8. The topological polar surface area (TPSA) is 50.8 Å². The number of amidine groups is 1. The van der Waals surface area contributed by atoms with Gasteiger partial charge in [0, 0.05) is 50.0 Å². The molecule has 4 heteroatoms. The van der Waals surface area contributed by atoms with Crippen molar-refractivity contribution < 1.29 is 4.42 Å². The van der Waals surface area contributed by atoms with Gasteiger partial charge in [0.1, 0.15) is 11.2 Å². The Balaban J connectivity index is 1.28. The molecule has 1 aliphatic carbocycles. The Hall–Kier alpha value is -6.13. The van der Waals surface area contributed by atoms with Crippen molar-refractivity contribution in [3.8, 4) is 0 Å². The van der Waals surface area contributed by atoms with Crippen LogP contribution < -0.4 is 0 Å². The Kier molecular flexibility index (Phi) is 6.63. The maximum Gasteiger partial charge on any atom is 0.160 e. The standard InChI is InChI=1S/C46H33N3O/c1-28-20-25-39(36-18-9-19-40-41(36)37-24-21-29-11-5-8-17-34(29)45(37)50-40)48-46(49-43(28)30-12-3-2-4-13-30)38-27-32-14-6-7-16-33(32)42-35(38)23-22-31-15-10-26-47-44(31)42/h2-7,9-16,18-19,21-24,26-27H,8,17,20,25H2,1H3/b43-28+,48-39+,49-46-. The Morgan fingerprint density at radius 3 is 2.44 bits per heavy atom. The van der Waals surface area contributed by atoms with Crippen LogP contribution >= 0.6 is 0 Å². The molecule has 8 aromatic rings. The summed E-state index contributed by atoms with van der Waals surface area (Å²) in [7, 11) is 0. The molecular formula is C46H33N3O. The summed E-state index contributed by atoms with van der Waals surface area (Å²) in [5.74, 6) is 0.705. The van der Waals surface area contributed by atoms with Crippen molar-refractivity contribution in [2.45, 2.75) is 32.6 Å². The van der Waals surface area contributed by atoms with E-state index in [1.54, 1.807) is 0 Å². The van der Waals surface area contributed by atoms with E-state index in [-0.39, 0.29) is 0 Å². The molecule has 0 unspecified atom stereocenters. The van der Waals surface area contributed by atoms with Gasteiger partial charge in [0.2, 0.25) is 0 Å². The largest absolute Gasteiger partial charge is 0.456 e. The summed E-state index contributed by atoms with van der Waals surface area (Å²) in [6.07, 6.45) is 10.00. The van der Waals surface area contributed by atoms with Crippen LogP contribution in [0.2, 0.25) is 0 Å². The van der Waals surface area contributed by atoms with Gasteiger partial charge in [0.05, 0.1) is 16.9 Å². The molecule has 0 amide bonds. The van der Waals surface area contributed by atoms with E-state index in [4.69, 9.17) is 19.4 Å².